The normalized spacial score (nSPS) is 17.1. The van der Waals surface area contributed by atoms with Crippen LogP contribution < -0.4 is 20.9 Å². The largest absolute Gasteiger partial charge is 0.480 e. The number of hydrogen-bond acceptors (Lipinski definition) is 4. The Morgan fingerprint density at radius 1 is 1.07 bits per heavy atom. The Morgan fingerprint density at radius 3 is 2.27 bits per heavy atom. The Morgan fingerprint density at radius 2 is 1.67 bits per heavy atom. The van der Waals surface area contributed by atoms with Gasteiger partial charge in [0.1, 0.15) is 18.6 Å². The topological polar surface area (TPSA) is 128 Å². The van der Waals surface area contributed by atoms with E-state index in [4.69, 9.17) is 0 Å². The maximum Gasteiger partial charge on any atom is 0.326 e. The van der Waals surface area contributed by atoms with Crippen molar-refractivity contribution in [1.82, 2.24) is 10.6 Å². The first-order valence-corrected chi connectivity index (χ1v) is 10.2. The van der Waals surface area contributed by atoms with Crippen molar-refractivity contribution in [3.05, 3.63) is 24.3 Å². The van der Waals surface area contributed by atoms with Crippen LogP contribution in [0, 0.1) is 11.8 Å². The van der Waals surface area contributed by atoms with Crippen LogP contribution in [0.15, 0.2) is 24.3 Å². The number of carboxylic acid groups (broad SMARTS) is 1. The molecule has 0 fully saturated rings. The van der Waals surface area contributed by atoms with Crippen molar-refractivity contribution in [3.8, 4) is 0 Å². The molecule has 0 saturated carbocycles. The number of para-hydroxylation sites is 2. The van der Waals surface area contributed by atoms with Gasteiger partial charge >= 0.3 is 12.0 Å². The molecule has 4 atom stereocenters. The number of amides is 4. The lowest BCUT2D eigenvalue weighted by Gasteiger charge is -2.32. The maximum atomic E-state index is 13.0. The molecule has 0 unspecified atom stereocenters. The van der Waals surface area contributed by atoms with Gasteiger partial charge in [0.05, 0.1) is 11.4 Å². The van der Waals surface area contributed by atoms with Crippen molar-refractivity contribution in [2.24, 2.45) is 11.8 Å². The van der Waals surface area contributed by atoms with Crippen molar-refractivity contribution in [2.45, 2.75) is 52.6 Å². The fraction of sp³-hybridized carbons (Fsp3) is 0.524. The van der Waals surface area contributed by atoms with E-state index in [2.05, 4.69) is 16.0 Å². The molecular weight excluding hydrogens is 388 g/mol. The van der Waals surface area contributed by atoms with Crippen molar-refractivity contribution in [1.29, 1.82) is 0 Å². The summed E-state index contributed by atoms with van der Waals surface area (Å²) in [6.07, 6.45) is 1.17. The molecule has 4 N–H and O–H groups in total. The Kier molecular flexibility index (Phi) is 7.79. The Bertz CT molecular complexity index is 812. The molecule has 4 amide bonds. The second kappa shape index (κ2) is 10.1. The number of fused-ring (bicyclic) bond motifs is 1. The molecule has 1 aliphatic rings. The molecule has 9 heteroatoms. The highest BCUT2D eigenvalue weighted by atomic mass is 16.4. The summed E-state index contributed by atoms with van der Waals surface area (Å²) in [5, 5.41) is 17.4. The average Bonchev–Trinajstić information content (AvgIpc) is 2.73. The standard InChI is InChI=1S/C21H30N4O5/c1-5-12(3)17(19(27)23-18(20(28)29)13(4)6-2)24-21(30)25-11-16(26)22-14-9-7-8-10-15(14)25/h7-10,12-13,17-18H,5-6,11H2,1-4H3,(H,22,26)(H,23,27)(H,24,30)(H,28,29)/t12-,13-,17+,18+/m1/s1. The lowest BCUT2D eigenvalue weighted by molar-refractivity contribution is -0.143. The summed E-state index contributed by atoms with van der Waals surface area (Å²) in [6.45, 7) is 7.10. The monoisotopic (exact) mass is 418 g/mol. The van der Waals surface area contributed by atoms with Gasteiger partial charge in [0.25, 0.3) is 0 Å². The van der Waals surface area contributed by atoms with Crippen LogP contribution in [0.5, 0.6) is 0 Å². The van der Waals surface area contributed by atoms with E-state index in [1.54, 1.807) is 38.1 Å². The van der Waals surface area contributed by atoms with Crippen molar-refractivity contribution >= 4 is 35.2 Å². The molecule has 1 heterocycles. The molecule has 0 bridgehead atoms. The number of aliphatic carboxylic acids is 1. The average molecular weight is 418 g/mol. The number of carbonyl (C=O) groups excluding carboxylic acids is 3. The Labute approximate surface area is 176 Å². The highest BCUT2D eigenvalue weighted by Gasteiger charge is 2.34. The summed E-state index contributed by atoms with van der Waals surface area (Å²) in [4.78, 5) is 50.8. The molecular formula is C21H30N4O5. The first-order valence-electron chi connectivity index (χ1n) is 10.2. The minimum atomic E-state index is -1.12. The second-order valence-corrected chi connectivity index (χ2v) is 7.67. The number of anilines is 2. The summed E-state index contributed by atoms with van der Waals surface area (Å²) in [7, 11) is 0. The SMILES string of the molecule is CC[C@@H](C)[C@H](NC(=O)[C@@H](NC(=O)N1CC(=O)Nc2ccccc21)[C@H](C)CC)C(=O)O. The van der Waals surface area contributed by atoms with E-state index >= 15 is 0 Å². The van der Waals surface area contributed by atoms with E-state index in [-0.39, 0.29) is 24.3 Å². The molecule has 1 aromatic rings. The third kappa shape index (κ3) is 5.28. The van der Waals surface area contributed by atoms with Gasteiger partial charge in [0, 0.05) is 0 Å². The van der Waals surface area contributed by atoms with Gasteiger partial charge in [-0.25, -0.2) is 9.59 Å². The molecule has 0 aliphatic carbocycles. The first-order chi connectivity index (χ1) is 14.2. The van der Waals surface area contributed by atoms with E-state index in [9.17, 15) is 24.3 Å². The quantitative estimate of drug-likeness (QED) is 0.514. The van der Waals surface area contributed by atoms with Crippen LogP contribution in [0.3, 0.4) is 0 Å². The fourth-order valence-corrected chi connectivity index (χ4v) is 3.25. The highest BCUT2D eigenvalue weighted by Crippen LogP contribution is 2.29. The van der Waals surface area contributed by atoms with E-state index in [1.165, 1.54) is 4.90 Å². The smallest absolute Gasteiger partial charge is 0.326 e. The van der Waals surface area contributed by atoms with Gasteiger partial charge in [-0.15, -0.1) is 0 Å². The molecule has 9 nitrogen and oxygen atoms in total. The highest BCUT2D eigenvalue weighted by molar-refractivity contribution is 6.10. The zero-order valence-electron chi connectivity index (χ0n) is 17.8. The molecule has 0 aromatic heterocycles. The van der Waals surface area contributed by atoms with Gasteiger partial charge in [0.15, 0.2) is 0 Å². The zero-order valence-corrected chi connectivity index (χ0v) is 17.8. The van der Waals surface area contributed by atoms with Crippen molar-refractivity contribution in [2.75, 3.05) is 16.8 Å². The summed E-state index contributed by atoms with van der Waals surface area (Å²) in [5.74, 6) is -2.52. The number of urea groups is 1. The van der Waals surface area contributed by atoms with Crippen molar-refractivity contribution < 1.29 is 24.3 Å². The van der Waals surface area contributed by atoms with E-state index in [1.807, 2.05) is 13.8 Å². The predicted octanol–water partition coefficient (Wildman–Crippen LogP) is 2.18. The molecule has 2 rings (SSSR count). The van der Waals surface area contributed by atoms with Gasteiger partial charge in [-0.05, 0) is 24.0 Å². The number of nitrogens with one attached hydrogen (secondary N) is 3. The van der Waals surface area contributed by atoms with E-state index in [0.717, 1.165) is 0 Å². The van der Waals surface area contributed by atoms with E-state index in [0.29, 0.717) is 24.2 Å². The summed E-state index contributed by atoms with van der Waals surface area (Å²) < 4.78 is 0. The minimum absolute atomic E-state index is 0.178. The van der Waals surface area contributed by atoms with Crippen LogP contribution in [-0.2, 0) is 14.4 Å². The Balaban J connectivity index is 2.22. The summed E-state index contributed by atoms with van der Waals surface area (Å²) >= 11 is 0. The third-order valence-electron chi connectivity index (χ3n) is 5.57. The molecule has 164 valence electrons. The van der Waals surface area contributed by atoms with Crippen LogP contribution >= 0.6 is 0 Å². The van der Waals surface area contributed by atoms with Crippen molar-refractivity contribution in [3.63, 3.8) is 0 Å². The van der Waals surface area contributed by atoms with Gasteiger partial charge in [-0.3, -0.25) is 14.5 Å². The number of hydrogen-bond donors (Lipinski definition) is 4. The van der Waals surface area contributed by atoms with E-state index < -0.39 is 30.0 Å². The molecule has 1 aliphatic heterocycles. The van der Waals surface area contributed by atoms with Gasteiger partial charge < -0.3 is 21.1 Å². The zero-order chi connectivity index (χ0) is 22.4. The number of carboxylic acids is 1. The van der Waals surface area contributed by atoms with Gasteiger partial charge in [-0.2, -0.15) is 0 Å². The van der Waals surface area contributed by atoms with Crippen LogP contribution in [0.25, 0.3) is 0 Å². The molecule has 0 spiro atoms. The van der Waals surface area contributed by atoms with Crippen LogP contribution in [-0.4, -0.2) is 47.5 Å². The molecule has 30 heavy (non-hydrogen) atoms. The van der Waals surface area contributed by atoms with Crippen LogP contribution in [0.2, 0.25) is 0 Å². The summed E-state index contributed by atoms with van der Waals surface area (Å²) in [5.41, 5.74) is 1.04. The van der Waals surface area contributed by atoms with Crippen LogP contribution in [0.1, 0.15) is 40.5 Å². The van der Waals surface area contributed by atoms with Gasteiger partial charge in [0.2, 0.25) is 11.8 Å². The fourth-order valence-electron chi connectivity index (χ4n) is 3.25. The second-order valence-electron chi connectivity index (χ2n) is 7.67. The lowest BCUT2D eigenvalue weighted by Crippen LogP contribution is -2.58. The van der Waals surface area contributed by atoms with Gasteiger partial charge in [-0.1, -0.05) is 52.7 Å². The number of carbonyl (C=O) groups is 4. The first kappa shape index (κ1) is 23.2. The number of nitrogens with zero attached hydrogens (tertiary/aromatic N) is 1. The predicted molar refractivity (Wildman–Crippen MR) is 113 cm³/mol. The summed E-state index contributed by atoms with van der Waals surface area (Å²) in [6, 6.07) is 4.31. The molecule has 0 radical (unpaired) electrons. The van der Waals surface area contributed by atoms with Crippen LogP contribution in [0.4, 0.5) is 16.2 Å². The lowest BCUT2D eigenvalue weighted by atomic mass is 9.95. The minimum Gasteiger partial charge on any atom is -0.480 e. The molecule has 1 aromatic carbocycles. The number of rotatable bonds is 8. The maximum absolute atomic E-state index is 13.0. The Hall–Kier alpha value is -3.10. The molecule has 0 saturated heterocycles. The third-order valence-corrected chi connectivity index (χ3v) is 5.57. The number of benzene rings is 1.